The molecule has 0 radical (unpaired) electrons. The van der Waals surface area contributed by atoms with Crippen molar-refractivity contribution in [3.05, 3.63) is 57.9 Å². The summed E-state index contributed by atoms with van der Waals surface area (Å²) in [5.74, 6) is -1.76. The van der Waals surface area contributed by atoms with Gasteiger partial charge in [-0.3, -0.25) is 0 Å². The molecule has 0 aromatic heterocycles. The lowest BCUT2D eigenvalue weighted by molar-refractivity contribution is 0.0696. The van der Waals surface area contributed by atoms with Gasteiger partial charge in [-0.2, -0.15) is 0 Å². The zero-order chi connectivity index (χ0) is 18.7. The molecule has 0 saturated heterocycles. The van der Waals surface area contributed by atoms with Gasteiger partial charge in [0.15, 0.2) is 17.8 Å². The van der Waals surface area contributed by atoms with Crippen LogP contribution in [0.5, 0.6) is 5.75 Å². The van der Waals surface area contributed by atoms with E-state index in [1.54, 1.807) is 26.8 Å². The van der Waals surface area contributed by atoms with Crippen molar-refractivity contribution in [1.82, 2.24) is 0 Å². The summed E-state index contributed by atoms with van der Waals surface area (Å²) < 4.78 is 19.5. The first-order valence-electron chi connectivity index (χ1n) is 7.63. The van der Waals surface area contributed by atoms with Crippen LogP contribution >= 0.6 is 11.6 Å². The molecule has 2 aromatic carbocycles. The minimum Gasteiger partial charge on any atom is -0.486 e. The summed E-state index contributed by atoms with van der Waals surface area (Å²) >= 11 is 6.04. The molecule has 134 valence electrons. The van der Waals surface area contributed by atoms with Crippen molar-refractivity contribution >= 4 is 23.3 Å². The zero-order valence-corrected chi connectivity index (χ0v) is 14.8. The number of aryl methyl sites for hydroxylation is 1. The van der Waals surface area contributed by atoms with E-state index in [0.717, 1.165) is 6.07 Å². The van der Waals surface area contributed by atoms with Crippen LogP contribution < -0.4 is 10.1 Å². The predicted molar refractivity (Wildman–Crippen MR) is 93.9 cm³/mol. The smallest absolute Gasteiger partial charge is 0.335 e. The van der Waals surface area contributed by atoms with Crippen molar-refractivity contribution in [3.8, 4) is 5.75 Å². The third-order valence-electron chi connectivity index (χ3n) is 3.45. The number of carboxylic acids is 1. The number of ether oxygens (including phenoxy) is 1. The molecule has 0 fully saturated rings. The monoisotopic (exact) mass is 367 g/mol. The highest BCUT2D eigenvalue weighted by molar-refractivity contribution is 6.32. The van der Waals surface area contributed by atoms with Crippen molar-refractivity contribution in [3.63, 3.8) is 0 Å². The largest absolute Gasteiger partial charge is 0.486 e. The molecular formula is C18H19ClFNO4. The maximum atomic E-state index is 14.2. The van der Waals surface area contributed by atoms with Crippen LogP contribution in [0.1, 0.15) is 41.6 Å². The second-order valence-electron chi connectivity index (χ2n) is 5.86. The molecule has 0 aliphatic rings. The van der Waals surface area contributed by atoms with Gasteiger partial charge in [-0.15, -0.1) is 0 Å². The van der Waals surface area contributed by atoms with Crippen LogP contribution in [0.2, 0.25) is 5.02 Å². The topological polar surface area (TPSA) is 78.8 Å². The average molecular weight is 368 g/mol. The Kier molecular flexibility index (Phi) is 5.87. The fourth-order valence-corrected chi connectivity index (χ4v) is 2.58. The fourth-order valence-electron chi connectivity index (χ4n) is 2.32. The summed E-state index contributed by atoms with van der Waals surface area (Å²) in [5, 5.41) is 22.1. The minimum absolute atomic E-state index is 0.0574. The highest BCUT2D eigenvalue weighted by Crippen LogP contribution is 2.32. The second kappa shape index (κ2) is 7.72. The molecule has 3 N–H and O–H groups in total. The third kappa shape index (κ3) is 4.61. The van der Waals surface area contributed by atoms with Gasteiger partial charge in [0, 0.05) is 11.3 Å². The van der Waals surface area contributed by atoms with Crippen LogP contribution in [0, 0.1) is 12.7 Å². The van der Waals surface area contributed by atoms with E-state index in [4.69, 9.17) is 21.4 Å². The molecule has 0 amide bonds. The summed E-state index contributed by atoms with van der Waals surface area (Å²) in [7, 11) is 0. The van der Waals surface area contributed by atoms with Crippen LogP contribution in [0.15, 0.2) is 30.3 Å². The van der Waals surface area contributed by atoms with E-state index in [2.05, 4.69) is 5.32 Å². The number of aliphatic hydroxyl groups is 1. The molecule has 0 heterocycles. The Morgan fingerprint density at radius 1 is 1.28 bits per heavy atom. The molecule has 1 atom stereocenters. The molecule has 25 heavy (non-hydrogen) atoms. The Balaban J connectivity index is 2.22. The standard InChI is InChI=1S/C18H19ClFNO4/c1-9(2)25-16-14(19)7-11(8-15(16)20)17(22)21-12-4-5-13(18(23)24)10(3)6-12/h4-9,17,21-22H,1-3H3,(H,23,24). The van der Waals surface area contributed by atoms with Crippen molar-refractivity contribution in [1.29, 1.82) is 0 Å². The molecule has 5 nitrogen and oxygen atoms in total. The van der Waals surface area contributed by atoms with E-state index in [0.29, 0.717) is 11.3 Å². The Hall–Kier alpha value is -2.31. The molecule has 0 saturated carbocycles. The number of aliphatic hydroxyl groups excluding tert-OH is 1. The second-order valence-corrected chi connectivity index (χ2v) is 6.27. The SMILES string of the molecule is Cc1cc(NC(O)c2cc(F)c(OC(C)C)c(Cl)c2)ccc1C(=O)O. The number of rotatable bonds is 6. The summed E-state index contributed by atoms with van der Waals surface area (Å²) in [6.07, 6.45) is -1.47. The first-order chi connectivity index (χ1) is 11.7. The molecule has 7 heteroatoms. The van der Waals surface area contributed by atoms with Gasteiger partial charge in [0.2, 0.25) is 0 Å². The van der Waals surface area contributed by atoms with Crippen molar-refractivity contribution in [2.45, 2.75) is 33.1 Å². The zero-order valence-electron chi connectivity index (χ0n) is 14.0. The quantitative estimate of drug-likeness (QED) is 0.660. The highest BCUT2D eigenvalue weighted by Gasteiger charge is 2.17. The highest BCUT2D eigenvalue weighted by atomic mass is 35.5. The molecular weight excluding hydrogens is 349 g/mol. The van der Waals surface area contributed by atoms with Crippen LogP contribution in [0.3, 0.4) is 0 Å². The van der Waals surface area contributed by atoms with Gasteiger partial charge in [-0.05, 0) is 56.7 Å². The van der Waals surface area contributed by atoms with Gasteiger partial charge in [-0.25, -0.2) is 9.18 Å². The van der Waals surface area contributed by atoms with Crippen molar-refractivity contribution < 1.29 is 24.1 Å². The number of anilines is 1. The predicted octanol–water partition coefficient (Wildman–Crippen LogP) is 4.38. The first kappa shape index (κ1) is 19.0. The van der Waals surface area contributed by atoms with E-state index < -0.39 is 18.0 Å². The van der Waals surface area contributed by atoms with Crippen LogP contribution in [-0.4, -0.2) is 22.3 Å². The Morgan fingerprint density at radius 3 is 2.48 bits per heavy atom. The summed E-state index contributed by atoms with van der Waals surface area (Å²) in [6, 6.07) is 7.09. The Morgan fingerprint density at radius 2 is 1.96 bits per heavy atom. The molecule has 0 spiro atoms. The molecule has 0 bridgehead atoms. The van der Waals surface area contributed by atoms with Gasteiger partial charge in [-0.1, -0.05) is 11.6 Å². The van der Waals surface area contributed by atoms with E-state index in [1.165, 1.54) is 18.2 Å². The molecule has 1 unspecified atom stereocenters. The summed E-state index contributed by atoms with van der Waals surface area (Å²) in [6.45, 7) is 5.15. The van der Waals surface area contributed by atoms with Gasteiger partial charge in [0.1, 0.15) is 0 Å². The molecule has 0 aliphatic carbocycles. The number of halogens is 2. The van der Waals surface area contributed by atoms with Crippen LogP contribution in [0.25, 0.3) is 0 Å². The van der Waals surface area contributed by atoms with Crippen LogP contribution in [-0.2, 0) is 0 Å². The van der Waals surface area contributed by atoms with Gasteiger partial charge >= 0.3 is 5.97 Å². The minimum atomic E-state index is -1.23. The lowest BCUT2D eigenvalue weighted by atomic mass is 10.1. The third-order valence-corrected chi connectivity index (χ3v) is 3.73. The number of hydrogen-bond donors (Lipinski definition) is 3. The van der Waals surface area contributed by atoms with Crippen molar-refractivity contribution in [2.24, 2.45) is 0 Å². The first-order valence-corrected chi connectivity index (χ1v) is 8.01. The normalized spacial score (nSPS) is 12.1. The van der Waals surface area contributed by atoms with E-state index in [-0.39, 0.29) is 28.0 Å². The Labute approximate surface area is 150 Å². The fraction of sp³-hybridized carbons (Fsp3) is 0.278. The number of hydrogen-bond acceptors (Lipinski definition) is 4. The van der Waals surface area contributed by atoms with E-state index in [9.17, 15) is 14.3 Å². The number of nitrogens with one attached hydrogen (secondary N) is 1. The van der Waals surface area contributed by atoms with Gasteiger partial charge < -0.3 is 20.3 Å². The van der Waals surface area contributed by atoms with Gasteiger partial charge in [0.25, 0.3) is 0 Å². The van der Waals surface area contributed by atoms with Gasteiger partial charge in [0.05, 0.1) is 16.7 Å². The molecule has 2 aromatic rings. The number of aromatic carboxylic acids is 1. The lowest BCUT2D eigenvalue weighted by Crippen LogP contribution is -2.12. The number of carboxylic acid groups (broad SMARTS) is 1. The maximum Gasteiger partial charge on any atom is 0.335 e. The Bertz CT molecular complexity index is 772. The molecule has 0 aliphatic heterocycles. The van der Waals surface area contributed by atoms with Crippen LogP contribution in [0.4, 0.5) is 10.1 Å². The molecule has 2 rings (SSSR count). The van der Waals surface area contributed by atoms with E-state index >= 15 is 0 Å². The average Bonchev–Trinajstić information content (AvgIpc) is 2.50. The number of benzene rings is 2. The van der Waals surface area contributed by atoms with Crippen molar-refractivity contribution in [2.75, 3.05) is 5.32 Å². The maximum absolute atomic E-state index is 14.2. The lowest BCUT2D eigenvalue weighted by Gasteiger charge is -2.18. The summed E-state index contributed by atoms with van der Waals surface area (Å²) in [5.41, 5.74) is 1.42. The van der Waals surface area contributed by atoms with E-state index in [1.807, 2.05) is 0 Å². The summed E-state index contributed by atoms with van der Waals surface area (Å²) in [4.78, 5) is 11.0. The number of carbonyl (C=O) groups is 1.